The van der Waals surface area contributed by atoms with Gasteiger partial charge in [0.15, 0.2) is 0 Å². The summed E-state index contributed by atoms with van der Waals surface area (Å²) in [4.78, 5) is 60.4. The van der Waals surface area contributed by atoms with Crippen LogP contribution in [0, 0.1) is 5.92 Å². The molecular weight excluding hydrogens is 683 g/mol. The number of piperidine rings is 1. The van der Waals surface area contributed by atoms with Crippen molar-refractivity contribution in [1.29, 1.82) is 0 Å². The van der Waals surface area contributed by atoms with E-state index in [1.165, 1.54) is 36.0 Å². The van der Waals surface area contributed by atoms with E-state index in [-0.39, 0.29) is 24.3 Å². The van der Waals surface area contributed by atoms with Gasteiger partial charge in [0.1, 0.15) is 17.9 Å². The molecule has 2 fully saturated rings. The number of anilines is 2. The number of benzene rings is 2. The van der Waals surface area contributed by atoms with Crippen molar-refractivity contribution in [2.45, 2.75) is 77.9 Å². The van der Waals surface area contributed by atoms with Crippen molar-refractivity contribution in [2.24, 2.45) is 5.92 Å². The molecule has 0 aliphatic carbocycles. The summed E-state index contributed by atoms with van der Waals surface area (Å²) in [7, 11) is 4.09. The molecule has 12 heteroatoms. The van der Waals surface area contributed by atoms with Crippen LogP contribution in [-0.2, 0) is 16.1 Å². The number of aromatic nitrogens is 2. The summed E-state index contributed by atoms with van der Waals surface area (Å²) >= 11 is 0. The van der Waals surface area contributed by atoms with Crippen molar-refractivity contribution in [3.05, 3.63) is 83.2 Å². The second kappa shape index (κ2) is 19.2. The molecule has 4 aromatic rings. The summed E-state index contributed by atoms with van der Waals surface area (Å²) in [5.41, 5.74) is 6.00. The van der Waals surface area contributed by atoms with Crippen molar-refractivity contribution >= 4 is 46.9 Å². The van der Waals surface area contributed by atoms with Crippen LogP contribution in [0.3, 0.4) is 0 Å². The first-order chi connectivity index (χ1) is 26.3. The van der Waals surface area contributed by atoms with Crippen molar-refractivity contribution < 1.29 is 23.9 Å². The van der Waals surface area contributed by atoms with E-state index in [9.17, 15) is 19.2 Å². The Balaban J connectivity index is 0.000000245. The van der Waals surface area contributed by atoms with Crippen LogP contribution in [0.25, 0.3) is 10.9 Å². The Bertz CT molecular complexity index is 1870. The van der Waals surface area contributed by atoms with E-state index < -0.39 is 0 Å². The topological polar surface area (TPSA) is 140 Å². The molecule has 3 N–H and O–H groups in total. The quantitative estimate of drug-likeness (QED) is 0.138. The van der Waals surface area contributed by atoms with Gasteiger partial charge in [0.25, 0.3) is 5.91 Å². The number of rotatable bonds is 12. The number of nitrogens with one attached hydrogen (secondary N) is 3. The number of nitrogens with zero attached hydrogens (tertiary/aromatic N) is 4. The number of hydrogen-bond acceptors (Lipinski definition) is 9. The number of ether oxygens (including phenoxy) is 1. The Morgan fingerprint density at radius 2 is 1.81 bits per heavy atom. The standard InChI is InChI=1S/C27H31N3O5.C13H18N4.C2H6/c1-19(5-10-26(33)28-18-32)30-15-24-23(27(30)34)3-2-4-25(24)29-13-11-21(12-14-29)17-35-22-8-6-20(16-31)7-9-22;1-14-13-7-10-9(8-15-13)6-11(16-10)12-4-3-5-17(12)2;1-2/h2-4,6-9,16,18-19,21H,5,10-15,17H2,1H3,(H,28,32,33);6-8,12,16H,3-5H2,1-2H3,(H,14,15);1-2H3. The lowest BCUT2D eigenvalue weighted by molar-refractivity contribution is -0.125. The molecule has 2 saturated heterocycles. The van der Waals surface area contributed by atoms with Crippen molar-refractivity contribution in [2.75, 3.05) is 50.6 Å². The van der Waals surface area contributed by atoms with Crippen LogP contribution < -0.4 is 20.3 Å². The number of imide groups is 1. The van der Waals surface area contributed by atoms with Gasteiger partial charge in [0.05, 0.1) is 12.1 Å². The van der Waals surface area contributed by atoms with Gasteiger partial charge in [0.2, 0.25) is 12.3 Å². The van der Waals surface area contributed by atoms with Gasteiger partial charge >= 0.3 is 0 Å². The summed E-state index contributed by atoms with van der Waals surface area (Å²) in [5, 5.41) is 6.41. The zero-order chi connectivity index (χ0) is 38.6. The lowest BCUT2D eigenvalue weighted by atomic mass is 9.96. The number of aldehydes is 1. The molecule has 0 saturated carbocycles. The number of pyridine rings is 1. The number of likely N-dealkylation sites (tertiary alicyclic amines) is 1. The third-order valence-corrected chi connectivity index (χ3v) is 10.6. The molecule has 7 rings (SSSR count). The molecule has 5 heterocycles. The Morgan fingerprint density at radius 3 is 2.48 bits per heavy atom. The first-order valence-electron chi connectivity index (χ1n) is 19.2. The monoisotopic (exact) mass is 737 g/mol. The van der Waals surface area contributed by atoms with Gasteiger partial charge in [-0.05, 0) is 101 Å². The summed E-state index contributed by atoms with van der Waals surface area (Å²) in [6.45, 7) is 10.1. The number of H-pyrrole nitrogens is 1. The summed E-state index contributed by atoms with van der Waals surface area (Å²) in [6, 6.07) is 17.8. The molecule has 2 atom stereocenters. The van der Waals surface area contributed by atoms with Crippen LogP contribution >= 0.6 is 0 Å². The van der Waals surface area contributed by atoms with E-state index in [4.69, 9.17) is 4.74 Å². The maximum absolute atomic E-state index is 13.1. The highest BCUT2D eigenvalue weighted by Crippen LogP contribution is 2.36. The predicted molar refractivity (Wildman–Crippen MR) is 213 cm³/mol. The molecule has 2 unspecified atom stereocenters. The van der Waals surface area contributed by atoms with Gasteiger partial charge in [-0.1, -0.05) is 19.9 Å². The normalized spacial score (nSPS) is 17.5. The Labute approximate surface area is 318 Å². The minimum atomic E-state index is -0.332. The average Bonchev–Trinajstić information content (AvgIpc) is 3.93. The number of hydrogen-bond donors (Lipinski definition) is 3. The van der Waals surface area contributed by atoms with Crippen LogP contribution in [0.15, 0.2) is 60.8 Å². The van der Waals surface area contributed by atoms with Gasteiger partial charge < -0.3 is 24.8 Å². The molecule has 288 valence electrons. The van der Waals surface area contributed by atoms with Gasteiger partial charge in [-0.15, -0.1) is 0 Å². The smallest absolute Gasteiger partial charge is 0.254 e. The van der Waals surface area contributed by atoms with E-state index >= 15 is 0 Å². The first-order valence-corrected chi connectivity index (χ1v) is 19.2. The van der Waals surface area contributed by atoms with Crippen molar-refractivity contribution in [3.8, 4) is 5.75 Å². The minimum absolute atomic E-state index is 0.00553. The SMILES string of the molecule is CC.CC(CCC(=O)NC=O)N1Cc2c(cccc2N2CCC(COc3ccc(C=O)cc3)CC2)C1=O.CNc1cc2[nH]c(C3CCCN3C)cc2cn1. The molecule has 0 spiro atoms. The van der Waals surface area contributed by atoms with E-state index in [0.29, 0.717) is 43.5 Å². The lowest BCUT2D eigenvalue weighted by Crippen LogP contribution is -2.36. The lowest BCUT2D eigenvalue weighted by Gasteiger charge is -2.34. The fourth-order valence-corrected chi connectivity index (χ4v) is 7.49. The molecule has 3 amide bonds. The van der Waals surface area contributed by atoms with Crippen LogP contribution in [0.5, 0.6) is 5.75 Å². The Kier molecular flexibility index (Phi) is 14.2. The first kappa shape index (κ1) is 40.0. The third-order valence-electron chi connectivity index (χ3n) is 10.6. The van der Waals surface area contributed by atoms with Crippen molar-refractivity contribution in [3.63, 3.8) is 0 Å². The molecule has 2 aromatic heterocycles. The number of fused-ring (bicyclic) bond motifs is 2. The molecule has 3 aliphatic heterocycles. The fourth-order valence-electron chi connectivity index (χ4n) is 7.49. The van der Waals surface area contributed by atoms with Crippen LogP contribution in [0.4, 0.5) is 11.5 Å². The summed E-state index contributed by atoms with van der Waals surface area (Å²) in [5.74, 6) is 1.79. The zero-order valence-corrected chi connectivity index (χ0v) is 32.3. The second-order valence-electron chi connectivity index (χ2n) is 14.0. The van der Waals surface area contributed by atoms with E-state index in [2.05, 4.69) is 55.6 Å². The van der Waals surface area contributed by atoms with Crippen LogP contribution in [0.1, 0.15) is 97.3 Å². The fraction of sp³-hybridized carbons (Fsp3) is 0.452. The van der Waals surface area contributed by atoms with Gasteiger partial charge in [-0.3, -0.25) is 29.4 Å². The van der Waals surface area contributed by atoms with E-state index in [0.717, 1.165) is 60.6 Å². The highest BCUT2D eigenvalue weighted by molar-refractivity contribution is 6.00. The molecule has 12 nitrogen and oxygen atoms in total. The zero-order valence-electron chi connectivity index (χ0n) is 32.3. The molecule has 0 radical (unpaired) electrons. The maximum Gasteiger partial charge on any atom is 0.254 e. The highest BCUT2D eigenvalue weighted by atomic mass is 16.5. The van der Waals surface area contributed by atoms with Crippen molar-refractivity contribution in [1.82, 2.24) is 25.1 Å². The largest absolute Gasteiger partial charge is 0.493 e. The number of carbonyl (C=O) groups excluding carboxylic acids is 4. The third kappa shape index (κ3) is 9.65. The van der Waals surface area contributed by atoms with E-state index in [1.54, 1.807) is 12.1 Å². The minimum Gasteiger partial charge on any atom is -0.493 e. The number of amides is 3. The predicted octanol–water partition coefficient (Wildman–Crippen LogP) is 6.59. The van der Waals surface area contributed by atoms with Crippen LogP contribution in [-0.4, -0.2) is 90.7 Å². The molecule has 2 aromatic carbocycles. The summed E-state index contributed by atoms with van der Waals surface area (Å²) in [6.07, 6.45) is 8.36. The van der Waals surface area contributed by atoms with Gasteiger partial charge in [-0.2, -0.15) is 0 Å². The molecule has 3 aliphatic rings. The van der Waals surface area contributed by atoms with E-state index in [1.807, 2.05) is 63.2 Å². The molecule has 0 bridgehead atoms. The number of carbonyl (C=O) groups is 4. The molecular formula is C42H55N7O5. The molecule has 54 heavy (non-hydrogen) atoms. The highest BCUT2D eigenvalue weighted by Gasteiger charge is 2.34. The maximum atomic E-state index is 13.1. The average molecular weight is 738 g/mol. The second-order valence-corrected chi connectivity index (χ2v) is 14.0. The van der Waals surface area contributed by atoms with Crippen LogP contribution in [0.2, 0.25) is 0 Å². The number of aromatic amines is 1. The van der Waals surface area contributed by atoms with Gasteiger partial charge in [-0.25, -0.2) is 4.98 Å². The Hall–Kier alpha value is -5.23. The van der Waals surface area contributed by atoms with Gasteiger partial charge in [0, 0.05) is 90.9 Å². The summed E-state index contributed by atoms with van der Waals surface area (Å²) < 4.78 is 5.94. The Morgan fingerprint density at radius 1 is 1.06 bits per heavy atom.